The molecule has 60 heavy (non-hydrogen) atoms. The minimum Gasteiger partial charge on any atom is -0.462 e. The van der Waals surface area contributed by atoms with Crippen LogP contribution in [-0.2, 0) is 28.6 Å². The number of allylic oxidation sites excluding steroid dienone is 6. The van der Waals surface area contributed by atoms with Crippen LogP contribution in [0.3, 0.4) is 0 Å². The summed E-state index contributed by atoms with van der Waals surface area (Å²) in [6.45, 7) is 6.53. The Morgan fingerprint density at radius 1 is 0.350 bits per heavy atom. The zero-order chi connectivity index (χ0) is 43.7. The van der Waals surface area contributed by atoms with Crippen molar-refractivity contribution in [3.63, 3.8) is 0 Å². The third kappa shape index (κ3) is 46.7. The molecule has 0 saturated carbocycles. The Balaban J connectivity index is 4.33. The van der Waals surface area contributed by atoms with Gasteiger partial charge in [-0.05, 0) is 70.6 Å². The number of ether oxygens (including phenoxy) is 3. The van der Waals surface area contributed by atoms with E-state index in [1.165, 1.54) is 135 Å². The fourth-order valence-electron chi connectivity index (χ4n) is 7.48. The number of unbranched alkanes of at least 4 members (excludes halogenated alkanes) is 30. The molecular weight excluding hydrogens is 745 g/mol. The first kappa shape index (κ1) is 57.6. The Morgan fingerprint density at radius 2 is 0.650 bits per heavy atom. The Morgan fingerprint density at radius 3 is 1.02 bits per heavy atom. The zero-order valence-electron chi connectivity index (χ0n) is 40.0. The van der Waals surface area contributed by atoms with Gasteiger partial charge in [-0.1, -0.05) is 218 Å². The molecule has 0 aliphatic carbocycles. The standard InChI is InChI=1S/C54H98O6/c1-4-7-10-13-16-19-22-25-26-27-28-29-30-33-35-38-41-44-47-53(56)59-50-51(60-54(57)48-45-42-39-36-32-24-21-18-15-12-9-6-3)49-58-52(55)46-43-40-37-34-31-23-20-17-14-11-8-5-2/h9,12,18,21,28-29,51H,4-8,10-11,13-17,19-20,22-27,30-50H2,1-3H3/b12-9-,21-18-,29-28-. The predicted molar refractivity (Wildman–Crippen MR) is 256 cm³/mol. The maximum atomic E-state index is 12.8. The number of carbonyl (C=O) groups excluding carboxylic acids is 3. The van der Waals surface area contributed by atoms with Crippen molar-refractivity contribution in [1.29, 1.82) is 0 Å². The van der Waals surface area contributed by atoms with Gasteiger partial charge < -0.3 is 14.2 Å². The summed E-state index contributed by atoms with van der Waals surface area (Å²) in [7, 11) is 0. The highest BCUT2D eigenvalue weighted by molar-refractivity contribution is 5.71. The molecule has 0 aromatic rings. The van der Waals surface area contributed by atoms with E-state index >= 15 is 0 Å². The van der Waals surface area contributed by atoms with Gasteiger partial charge in [-0.3, -0.25) is 14.4 Å². The van der Waals surface area contributed by atoms with Crippen LogP contribution in [0, 0.1) is 0 Å². The van der Waals surface area contributed by atoms with E-state index in [1.807, 2.05) is 0 Å². The monoisotopic (exact) mass is 843 g/mol. The molecule has 0 spiro atoms. The summed E-state index contributed by atoms with van der Waals surface area (Å²) >= 11 is 0. The normalized spacial score (nSPS) is 12.2. The second kappa shape index (κ2) is 49.3. The van der Waals surface area contributed by atoms with Crippen molar-refractivity contribution in [2.75, 3.05) is 13.2 Å². The molecule has 0 bridgehead atoms. The van der Waals surface area contributed by atoms with Crippen LogP contribution in [0.1, 0.15) is 271 Å². The van der Waals surface area contributed by atoms with Crippen LogP contribution >= 0.6 is 0 Å². The number of rotatable bonds is 47. The molecule has 350 valence electrons. The fourth-order valence-corrected chi connectivity index (χ4v) is 7.48. The summed E-state index contributed by atoms with van der Waals surface area (Å²) in [6.07, 6.45) is 57.0. The Bertz CT molecular complexity index is 1020. The summed E-state index contributed by atoms with van der Waals surface area (Å²) in [5, 5.41) is 0. The summed E-state index contributed by atoms with van der Waals surface area (Å²) < 4.78 is 16.8. The number of hydrogen-bond acceptors (Lipinski definition) is 6. The molecule has 1 unspecified atom stereocenters. The van der Waals surface area contributed by atoms with Gasteiger partial charge in [-0.25, -0.2) is 0 Å². The number of hydrogen-bond donors (Lipinski definition) is 0. The molecule has 0 heterocycles. The average molecular weight is 843 g/mol. The second-order valence-corrected chi connectivity index (χ2v) is 17.4. The van der Waals surface area contributed by atoms with Gasteiger partial charge in [-0.15, -0.1) is 0 Å². The third-order valence-corrected chi connectivity index (χ3v) is 11.4. The highest BCUT2D eigenvalue weighted by Crippen LogP contribution is 2.15. The molecule has 0 rings (SSSR count). The van der Waals surface area contributed by atoms with Crippen molar-refractivity contribution >= 4 is 17.9 Å². The third-order valence-electron chi connectivity index (χ3n) is 11.4. The lowest BCUT2D eigenvalue weighted by atomic mass is 10.0. The quantitative estimate of drug-likeness (QED) is 0.0263. The summed E-state index contributed by atoms with van der Waals surface area (Å²) in [5.74, 6) is -0.893. The highest BCUT2D eigenvalue weighted by Gasteiger charge is 2.19. The molecule has 0 aromatic heterocycles. The van der Waals surface area contributed by atoms with Crippen LogP contribution < -0.4 is 0 Å². The van der Waals surface area contributed by atoms with Gasteiger partial charge in [0.25, 0.3) is 0 Å². The number of carbonyl (C=O) groups is 3. The Labute approximate surface area is 372 Å². The van der Waals surface area contributed by atoms with Crippen molar-refractivity contribution < 1.29 is 28.6 Å². The van der Waals surface area contributed by atoms with Gasteiger partial charge in [0, 0.05) is 19.3 Å². The molecule has 0 fully saturated rings. The Hall–Kier alpha value is -2.37. The lowest BCUT2D eigenvalue weighted by Gasteiger charge is -2.18. The van der Waals surface area contributed by atoms with Crippen LogP contribution in [0.15, 0.2) is 36.5 Å². The molecular formula is C54H98O6. The van der Waals surface area contributed by atoms with Gasteiger partial charge in [0.2, 0.25) is 0 Å². The summed E-state index contributed by atoms with van der Waals surface area (Å²) in [6, 6.07) is 0. The molecule has 6 heteroatoms. The molecule has 6 nitrogen and oxygen atoms in total. The van der Waals surface area contributed by atoms with E-state index in [1.54, 1.807) is 0 Å². The summed E-state index contributed by atoms with van der Waals surface area (Å²) in [5.41, 5.74) is 0. The molecule has 0 N–H and O–H groups in total. The van der Waals surface area contributed by atoms with E-state index in [2.05, 4.69) is 57.2 Å². The van der Waals surface area contributed by atoms with Gasteiger partial charge >= 0.3 is 17.9 Å². The molecule has 0 saturated heterocycles. The molecule has 1 atom stereocenters. The van der Waals surface area contributed by atoms with E-state index in [4.69, 9.17) is 14.2 Å². The highest BCUT2D eigenvalue weighted by atomic mass is 16.6. The van der Waals surface area contributed by atoms with Gasteiger partial charge in [0.1, 0.15) is 13.2 Å². The first-order valence-corrected chi connectivity index (χ1v) is 26.0. The topological polar surface area (TPSA) is 78.9 Å². The van der Waals surface area contributed by atoms with Gasteiger partial charge in [0.15, 0.2) is 6.10 Å². The van der Waals surface area contributed by atoms with E-state index in [-0.39, 0.29) is 31.1 Å². The second-order valence-electron chi connectivity index (χ2n) is 17.4. The van der Waals surface area contributed by atoms with E-state index in [9.17, 15) is 14.4 Å². The van der Waals surface area contributed by atoms with Crippen LogP contribution in [0.2, 0.25) is 0 Å². The summed E-state index contributed by atoms with van der Waals surface area (Å²) in [4.78, 5) is 37.9. The van der Waals surface area contributed by atoms with Crippen LogP contribution in [0.5, 0.6) is 0 Å². The zero-order valence-corrected chi connectivity index (χ0v) is 40.0. The maximum absolute atomic E-state index is 12.8. The lowest BCUT2D eigenvalue weighted by molar-refractivity contribution is -0.167. The minimum absolute atomic E-state index is 0.0779. The predicted octanol–water partition coefficient (Wildman–Crippen LogP) is 16.9. The lowest BCUT2D eigenvalue weighted by Crippen LogP contribution is -2.30. The molecule has 0 amide bonds. The van der Waals surface area contributed by atoms with Crippen molar-refractivity contribution in [1.82, 2.24) is 0 Å². The first-order valence-electron chi connectivity index (χ1n) is 26.0. The number of esters is 3. The van der Waals surface area contributed by atoms with E-state index < -0.39 is 6.10 Å². The Kier molecular flexibility index (Phi) is 47.3. The smallest absolute Gasteiger partial charge is 0.306 e. The largest absolute Gasteiger partial charge is 0.462 e. The van der Waals surface area contributed by atoms with Gasteiger partial charge in [0.05, 0.1) is 0 Å². The van der Waals surface area contributed by atoms with E-state index in [0.717, 1.165) is 96.3 Å². The van der Waals surface area contributed by atoms with Crippen LogP contribution in [0.4, 0.5) is 0 Å². The fraction of sp³-hybridized carbons (Fsp3) is 0.833. The molecule has 0 aliphatic rings. The van der Waals surface area contributed by atoms with Crippen LogP contribution in [0.25, 0.3) is 0 Å². The van der Waals surface area contributed by atoms with Crippen molar-refractivity contribution in [3.8, 4) is 0 Å². The van der Waals surface area contributed by atoms with Crippen molar-refractivity contribution in [2.24, 2.45) is 0 Å². The SMILES string of the molecule is CC/C=C\C/C=C\CCCCCCCC(=O)OC(COC(=O)CCCCCCC/C=C\CCCCCCCCCCC)COC(=O)CCCCCCCCCCCCCC. The van der Waals surface area contributed by atoms with E-state index in [0.29, 0.717) is 19.3 Å². The molecule has 0 aromatic carbocycles. The van der Waals surface area contributed by atoms with Crippen molar-refractivity contribution in [2.45, 2.75) is 277 Å². The maximum Gasteiger partial charge on any atom is 0.306 e. The van der Waals surface area contributed by atoms with Crippen molar-refractivity contribution in [3.05, 3.63) is 36.5 Å². The van der Waals surface area contributed by atoms with Crippen LogP contribution in [-0.4, -0.2) is 37.2 Å². The van der Waals surface area contributed by atoms with Gasteiger partial charge in [-0.2, -0.15) is 0 Å². The average Bonchev–Trinajstić information content (AvgIpc) is 3.24. The minimum atomic E-state index is -0.778. The molecule has 0 radical (unpaired) electrons. The first-order chi connectivity index (χ1) is 29.5. The molecule has 0 aliphatic heterocycles.